The largest absolute Gasteiger partial charge is 0.450 e. The van der Waals surface area contributed by atoms with E-state index < -0.39 is 5.54 Å². The second-order valence-electron chi connectivity index (χ2n) is 5.37. The lowest BCUT2D eigenvalue weighted by Gasteiger charge is -2.42. The first kappa shape index (κ1) is 15.2. The summed E-state index contributed by atoms with van der Waals surface area (Å²) in [6.07, 6.45) is 0.286. The van der Waals surface area contributed by atoms with Gasteiger partial charge >= 0.3 is 6.09 Å². The second kappa shape index (κ2) is 6.49. The van der Waals surface area contributed by atoms with Gasteiger partial charge in [0.25, 0.3) is 0 Å². The number of amides is 1. The molecule has 5 heteroatoms. The summed E-state index contributed by atoms with van der Waals surface area (Å²) in [5.74, 6) is 0.0147. The van der Waals surface area contributed by atoms with Crippen molar-refractivity contribution in [1.82, 2.24) is 4.90 Å². The van der Waals surface area contributed by atoms with Gasteiger partial charge in [0.1, 0.15) is 5.54 Å². The third-order valence-corrected chi connectivity index (χ3v) is 3.98. The van der Waals surface area contributed by atoms with Gasteiger partial charge in [0, 0.05) is 31.1 Å². The molecule has 5 nitrogen and oxygen atoms in total. The molecule has 1 aromatic carbocycles. The molecule has 0 spiro atoms. The van der Waals surface area contributed by atoms with Crippen LogP contribution in [0.1, 0.15) is 20.3 Å². The number of carbonyl (C=O) groups is 1. The van der Waals surface area contributed by atoms with Crippen molar-refractivity contribution in [2.75, 3.05) is 25.0 Å². The summed E-state index contributed by atoms with van der Waals surface area (Å²) in [7, 11) is 0. The average molecular weight is 287 g/mol. The smallest absolute Gasteiger partial charge is 0.409 e. The number of hydrogen-bond donors (Lipinski definition) is 1. The van der Waals surface area contributed by atoms with E-state index in [1.54, 1.807) is 11.8 Å². The van der Waals surface area contributed by atoms with Gasteiger partial charge in [0.2, 0.25) is 0 Å². The summed E-state index contributed by atoms with van der Waals surface area (Å²) in [4.78, 5) is 13.5. The monoisotopic (exact) mass is 287 g/mol. The molecule has 1 N–H and O–H groups in total. The van der Waals surface area contributed by atoms with Crippen molar-refractivity contribution >= 4 is 11.8 Å². The maximum Gasteiger partial charge on any atom is 0.409 e. The standard InChI is InChI=1S/C16H21N3O2/c1-3-21-15(20)19-10-9-16(12-17,13(2)11-19)18-14-7-5-4-6-8-14/h4-8,13,18H,3,9-11H2,1-2H3. The molecule has 2 unspecified atom stereocenters. The van der Waals surface area contributed by atoms with E-state index >= 15 is 0 Å². The maximum atomic E-state index is 11.8. The van der Waals surface area contributed by atoms with Gasteiger partial charge in [0.05, 0.1) is 12.7 Å². The zero-order valence-corrected chi connectivity index (χ0v) is 12.5. The van der Waals surface area contributed by atoms with Crippen molar-refractivity contribution in [3.8, 4) is 6.07 Å². The zero-order chi connectivity index (χ0) is 15.3. The van der Waals surface area contributed by atoms with E-state index in [4.69, 9.17) is 4.74 Å². The number of benzene rings is 1. The number of rotatable bonds is 3. The molecule has 0 bridgehead atoms. The number of nitrogens with zero attached hydrogens (tertiary/aromatic N) is 2. The van der Waals surface area contributed by atoms with E-state index in [2.05, 4.69) is 11.4 Å². The molecule has 1 aliphatic heterocycles. The Kier molecular flexibility index (Phi) is 4.69. The average Bonchev–Trinajstić information content (AvgIpc) is 2.50. The molecule has 1 saturated heterocycles. The highest BCUT2D eigenvalue weighted by Gasteiger charge is 2.42. The predicted octanol–water partition coefficient (Wildman–Crippen LogP) is 2.86. The summed E-state index contributed by atoms with van der Waals surface area (Å²) in [6.45, 7) is 5.20. The van der Waals surface area contributed by atoms with E-state index in [1.165, 1.54) is 0 Å². The van der Waals surface area contributed by atoms with Crippen LogP contribution in [-0.4, -0.2) is 36.2 Å². The molecule has 0 aliphatic carbocycles. The number of nitriles is 1. The van der Waals surface area contributed by atoms with Crippen LogP contribution in [-0.2, 0) is 4.74 Å². The Morgan fingerprint density at radius 1 is 1.52 bits per heavy atom. The Morgan fingerprint density at radius 2 is 2.24 bits per heavy atom. The second-order valence-corrected chi connectivity index (χ2v) is 5.37. The van der Waals surface area contributed by atoms with Crippen molar-refractivity contribution < 1.29 is 9.53 Å². The molecule has 112 valence electrons. The molecule has 1 fully saturated rings. The first-order valence-electron chi connectivity index (χ1n) is 7.27. The third-order valence-electron chi connectivity index (χ3n) is 3.98. The minimum atomic E-state index is -0.648. The lowest BCUT2D eigenvalue weighted by molar-refractivity contribution is 0.0806. The van der Waals surface area contributed by atoms with Gasteiger partial charge in [-0.15, -0.1) is 0 Å². The fourth-order valence-electron chi connectivity index (χ4n) is 2.67. The van der Waals surface area contributed by atoms with Gasteiger partial charge in [0.15, 0.2) is 0 Å². The molecule has 0 saturated carbocycles. The lowest BCUT2D eigenvalue weighted by Crippen LogP contribution is -2.55. The molecule has 1 aromatic rings. The van der Waals surface area contributed by atoms with Crippen LogP contribution in [0.25, 0.3) is 0 Å². The number of likely N-dealkylation sites (tertiary alicyclic amines) is 1. The summed E-state index contributed by atoms with van der Waals surface area (Å²) >= 11 is 0. The molecule has 0 aromatic heterocycles. The van der Waals surface area contributed by atoms with Crippen LogP contribution in [0.5, 0.6) is 0 Å². The van der Waals surface area contributed by atoms with Gasteiger partial charge in [-0.25, -0.2) is 4.79 Å². The predicted molar refractivity (Wildman–Crippen MR) is 80.8 cm³/mol. The highest BCUT2D eigenvalue weighted by molar-refractivity contribution is 5.68. The third kappa shape index (κ3) is 3.27. The summed E-state index contributed by atoms with van der Waals surface area (Å²) in [6, 6.07) is 12.1. The molecule has 2 rings (SSSR count). The Morgan fingerprint density at radius 3 is 2.81 bits per heavy atom. The SMILES string of the molecule is CCOC(=O)N1CCC(C#N)(Nc2ccccc2)C(C)C1. The molecular weight excluding hydrogens is 266 g/mol. The zero-order valence-electron chi connectivity index (χ0n) is 12.5. The molecule has 0 radical (unpaired) electrons. The van der Waals surface area contributed by atoms with Crippen LogP contribution < -0.4 is 5.32 Å². The Bertz CT molecular complexity index is 526. The van der Waals surface area contributed by atoms with Gasteiger partial charge in [-0.05, 0) is 19.1 Å². The number of anilines is 1. The number of carbonyl (C=O) groups excluding carboxylic acids is 1. The molecule has 1 amide bonds. The number of piperidine rings is 1. The maximum absolute atomic E-state index is 11.8. The van der Waals surface area contributed by atoms with Gasteiger partial charge < -0.3 is 15.0 Å². The fraction of sp³-hybridized carbons (Fsp3) is 0.500. The minimum Gasteiger partial charge on any atom is -0.450 e. The first-order valence-corrected chi connectivity index (χ1v) is 7.27. The van der Waals surface area contributed by atoms with Gasteiger partial charge in [-0.1, -0.05) is 25.1 Å². The normalized spacial score (nSPS) is 25.0. The van der Waals surface area contributed by atoms with Crippen LogP contribution >= 0.6 is 0 Å². The minimum absolute atomic E-state index is 0.0147. The number of para-hydroxylation sites is 1. The Labute approximate surface area is 125 Å². The molecule has 1 heterocycles. The van der Waals surface area contributed by atoms with E-state index in [1.807, 2.05) is 37.3 Å². The summed E-state index contributed by atoms with van der Waals surface area (Å²) < 4.78 is 5.03. The number of nitrogens with one attached hydrogen (secondary N) is 1. The lowest BCUT2D eigenvalue weighted by atomic mass is 9.79. The van der Waals surface area contributed by atoms with Crippen LogP contribution in [0.4, 0.5) is 10.5 Å². The summed E-state index contributed by atoms with van der Waals surface area (Å²) in [5.41, 5.74) is 0.278. The van der Waals surface area contributed by atoms with Gasteiger partial charge in [-0.2, -0.15) is 5.26 Å². The summed E-state index contributed by atoms with van der Waals surface area (Å²) in [5, 5.41) is 13.0. The first-order chi connectivity index (χ1) is 10.1. The van der Waals surface area contributed by atoms with Crippen molar-refractivity contribution in [3.05, 3.63) is 30.3 Å². The van der Waals surface area contributed by atoms with Crippen LogP contribution in [0.15, 0.2) is 30.3 Å². The Balaban J connectivity index is 2.09. The number of hydrogen-bond acceptors (Lipinski definition) is 4. The van der Waals surface area contributed by atoms with Crippen molar-refractivity contribution in [2.45, 2.75) is 25.8 Å². The highest BCUT2D eigenvalue weighted by Crippen LogP contribution is 2.31. The molecule has 21 heavy (non-hydrogen) atoms. The molecule has 2 atom stereocenters. The quantitative estimate of drug-likeness (QED) is 0.928. The van der Waals surface area contributed by atoms with Crippen LogP contribution in [0.2, 0.25) is 0 Å². The van der Waals surface area contributed by atoms with Crippen molar-refractivity contribution in [1.29, 1.82) is 5.26 Å². The van der Waals surface area contributed by atoms with Crippen LogP contribution in [0.3, 0.4) is 0 Å². The van der Waals surface area contributed by atoms with Crippen LogP contribution in [0, 0.1) is 17.2 Å². The van der Waals surface area contributed by atoms with E-state index in [9.17, 15) is 10.1 Å². The fourth-order valence-corrected chi connectivity index (χ4v) is 2.67. The Hall–Kier alpha value is -2.22. The van der Waals surface area contributed by atoms with E-state index in [0.29, 0.717) is 26.1 Å². The van der Waals surface area contributed by atoms with E-state index in [0.717, 1.165) is 5.69 Å². The topological polar surface area (TPSA) is 65.4 Å². The van der Waals surface area contributed by atoms with Crippen molar-refractivity contribution in [2.24, 2.45) is 5.92 Å². The molecule has 1 aliphatic rings. The molecular formula is C16H21N3O2. The number of ether oxygens (including phenoxy) is 1. The highest BCUT2D eigenvalue weighted by atomic mass is 16.6. The van der Waals surface area contributed by atoms with Gasteiger partial charge in [-0.3, -0.25) is 0 Å². The van der Waals surface area contributed by atoms with Crippen molar-refractivity contribution in [3.63, 3.8) is 0 Å². The van der Waals surface area contributed by atoms with E-state index in [-0.39, 0.29) is 12.0 Å².